The van der Waals surface area contributed by atoms with E-state index < -0.39 is 10.0 Å². The first kappa shape index (κ1) is 15.8. The van der Waals surface area contributed by atoms with Crippen LogP contribution in [0.2, 0.25) is 0 Å². The number of thiazole rings is 1. The van der Waals surface area contributed by atoms with Gasteiger partial charge in [-0.1, -0.05) is 19.1 Å². The summed E-state index contributed by atoms with van der Waals surface area (Å²) in [5, 5.41) is 3.53. The monoisotopic (exact) mass is 325 g/mol. The first-order valence-electron chi connectivity index (χ1n) is 6.74. The summed E-state index contributed by atoms with van der Waals surface area (Å²) >= 11 is 1.34. The predicted octanol–water partition coefficient (Wildman–Crippen LogP) is 3.38. The zero-order chi connectivity index (χ0) is 15.5. The summed E-state index contributed by atoms with van der Waals surface area (Å²) in [5.41, 5.74) is 1.45. The van der Waals surface area contributed by atoms with Gasteiger partial charge in [0.2, 0.25) is 0 Å². The molecule has 1 aromatic heterocycles. The molecule has 0 unspecified atom stereocenters. The number of nitrogens with zero attached hydrogens (tertiary/aromatic N) is 1. The normalized spacial score (nSPS) is 11.4. The first-order chi connectivity index (χ1) is 9.94. The molecular formula is C14H19N3O2S2. The third-order valence-corrected chi connectivity index (χ3v) is 5.51. The summed E-state index contributed by atoms with van der Waals surface area (Å²) in [7, 11) is -3.64. The van der Waals surface area contributed by atoms with Gasteiger partial charge in [-0.15, -0.1) is 11.3 Å². The van der Waals surface area contributed by atoms with Gasteiger partial charge in [0.05, 0.1) is 11.4 Å². The molecule has 5 nitrogen and oxygen atoms in total. The zero-order valence-electron chi connectivity index (χ0n) is 12.3. The van der Waals surface area contributed by atoms with E-state index in [0.29, 0.717) is 10.8 Å². The number of nitrogens with one attached hydrogen (secondary N) is 2. The van der Waals surface area contributed by atoms with Crippen molar-refractivity contribution in [3.63, 3.8) is 0 Å². The molecule has 21 heavy (non-hydrogen) atoms. The number of aromatic nitrogens is 1. The highest BCUT2D eigenvalue weighted by atomic mass is 32.2. The lowest BCUT2D eigenvalue weighted by molar-refractivity contribution is 0.601. The van der Waals surface area contributed by atoms with E-state index in [2.05, 4.69) is 15.0 Å². The van der Waals surface area contributed by atoms with Crippen LogP contribution >= 0.6 is 11.3 Å². The van der Waals surface area contributed by atoms with Crippen LogP contribution in [0.1, 0.15) is 23.9 Å². The maximum atomic E-state index is 12.5. The standard InChI is InChI=1S/C14H19N3O2S2/c1-4-9-15-12-7-5-6-8-13(12)21(18,19)17-14-16-10(2)11(3)20-14/h5-8,15H,4,9H2,1-3H3,(H,16,17). The molecule has 1 heterocycles. The molecule has 1 aromatic carbocycles. The van der Waals surface area contributed by atoms with E-state index in [9.17, 15) is 8.42 Å². The fourth-order valence-electron chi connectivity index (χ4n) is 1.79. The third kappa shape index (κ3) is 3.74. The van der Waals surface area contributed by atoms with Crippen LogP contribution in [0.4, 0.5) is 10.8 Å². The lowest BCUT2D eigenvalue weighted by Crippen LogP contribution is -2.15. The van der Waals surface area contributed by atoms with Gasteiger partial charge in [-0.05, 0) is 32.4 Å². The van der Waals surface area contributed by atoms with E-state index in [4.69, 9.17) is 0 Å². The minimum atomic E-state index is -3.64. The Kier molecular flexibility index (Phi) is 4.84. The smallest absolute Gasteiger partial charge is 0.265 e. The summed E-state index contributed by atoms with van der Waals surface area (Å²) in [6.07, 6.45) is 0.923. The zero-order valence-corrected chi connectivity index (χ0v) is 13.9. The summed E-state index contributed by atoms with van der Waals surface area (Å²) in [4.78, 5) is 5.47. The molecule has 0 fully saturated rings. The van der Waals surface area contributed by atoms with Crippen molar-refractivity contribution in [1.29, 1.82) is 0 Å². The van der Waals surface area contributed by atoms with E-state index in [1.807, 2.05) is 26.8 Å². The Bertz CT molecular complexity index is 704. The van der Waals surface area contributed by atoms with Gasteiger partial charge < -0.3 is 5.32 Å². The van der Waals surface area contributed by atoms with Crippen LogP contribution in [0.15, 0.2) is 29.2 Å². The van der Waals surface area contributed by atoms with Crippen LogP contribution in [0.3, 0.4) is 0 Å². The number of rotatable bonds is 6. The molecule has 0 aliphatic carbocycles. The maximum absolute atomic E-state index is 12.5. The topological polar surface area (TPSA) is 71.1 Å². The molecule has 0 saturated carbocycles. The van der Waals surface area contributed by atoms with Gasteiger partial charge in [0.15, 0.2) is 5.13 Å². The van der Waals surface area contributed by atoms with Crippen molar-refractivity contribution in [2.24, 2.45) is 0 Å². The van der Waals surface area contributed by atoms with Gasteiger partial charge in [-0.3, -0.25) is 4.72 Å². The van der Waals surface area contributed by atoms with E-state index in [-0.39, 0.29) is 4.90 Å². The highest BCUT2D eigenvalue weighted by Crippen LogP contribution is 2.27. The number of aryl methyl sites for hydroxylation is 2. The lowest BCUT2D eigenvalue weighted by Gasteiger charge is -2.12. The van der Waals surface area contributed by atoms with Crippen molar-refractivity contribution >= 4 is 32.2 Å². The molecule has 2 N–H and O–H groups in total. The second kappa shape index (κ2) is 6.44. The Balaban J connectivity index is 2.31. The van der Waals surface area contributed by atoms with Crippen LogP contribution in [0, 0.1) is 13.8 Å². The Morgan fingerprint density at radius 2 is 1.95 bits per heavy atom. The van der Waals surface area contributed by atoms with Crippen LogP contribution in [-0.2, 0) is 10.0 Å². The summed E-state index contributed by atoms with van der Waals surface area (Å²) in [5.74, 6) is 0. The number of hydrogen-bond acceptors (Lipinski definition) is 5. The Morgan fingerprint density at radius 3 is 2.57 bits per heavy atom. The van der Waals surface area contributed by atoms with Crippen LogP contribution in [0.25, 0.3) is 0 Å². The molecule has 0 bridgehead atoms. The molecule has 0 aliphatic rings. The van der Waals surface area contributed by atoms with Crippen LogP contribution in [0.5, 0.6) is 0 Å². The van der Waals surface area contributed by atoms with Gasteiger partial charge in [0.1, 0.15) is 4.90 Å². The van der Waals surface area contributed by atoms with Crippen LogP contribution < -0.4 is 10.0 Å². The highest BCUT2D eigenvalue weighted by molar-refractivity contribution is 7.93. The molecular weight excluding hydrogens is 306 g/mol. The average molecular weight is 325 g/mol. The highest BCUT2D eigenvalue weighted by Gasteiger charge is 2.20. The van der Waals surface area contributed by atoms with Gasteiger partial charge in [-0.2, -0.15) is 0 Å². The molecule has 0 saturated heterocycles. The molecule has 7 heteroatoms. The van der Waals surface area contributed by atoms with Crippen molar-refractivity contribution in [3.8, 4) is 0 Å². The largest absolute Gasteiger partial charge is 0.384 e. The van der Waals surface area contributed by atoms with E-state index in [1.54, 1.807) is 18.2 Å². The van der Waals surface area contributed by atoms with Crippen molar-refractivity contribution < 1.29 is 8.42 Å². The SMILES string of the molecule is CCCNc1ccccc1S(=O)(=O)Nc1nc(C)c(C)s1. The Hall–Kier alpha value is -1.60. The fourth-order valence-corrected chi connectivity index (χ4v) is 4.03. The molecule has 0 spiro atoms. The third-order valence-electron chi connectivity index (χ3n) is 2.99. The number of anilines is 2. The van der Waals surface area contributed by atoms with Crippen LogP contribution in [-0.4, -0.2) is 19.9 Å². The number of para-hydroxylation sites is 1. The second-order valence-electron chi connectivity index (χ2n) is 4.69. The van der Waals surface area contributed by atoms with Gasteiger partial charge in [0, 0.05) is 11.4 Å². The fraction of sp³-hybridized carbons (Fsp3) is 0.357. The van der Waals surface area contributed by atoms with Gasteiger partial charge in [0.25, 0.3) is 10.0 Å². The summed E-state index contributed by atoms with van der Waals surface area (Å²) in [6, 6.07) is 6.88. The van der Waals surface area contributed by atoms with Gasteiger partial charge >= 0.3 is 0 Å². The van der Waals surface area contributed by atoms with Crippen molar-refractivity contribution in [1.82, 2.24) is 4.98 Å². The molecule has 0 amide bonds. The number of sulfonamides is 1. The molecule has 2 rings (SSSR count). The van der Waals surface area contributed by atoms with E-state index in [0.717, 1.165) is 23.5 Å². The van der Waals surface area contributed by atoms with Gasteiger partial charge in [-0.25, -0.2) is 13.4 Å². The number of benzene rings is 1. The molecule has 0 radical (unpaired) electrons. The summed E-state index contributed by atoms with van der Waals surface area (Å²) in [6.45, 7) is 6.54. The Morgan fingerprint density at radius 1 is 1.24 bits per heavy atom. The molecule has 0 atom stereocenters. The second-order valence-corrected chi connectivity index (χ2v) is 7.54. The molecule has 114 valence electrons. The van der Waals surface area contributed by atoms with Crippen molar-refractivity contribution in [2.75, 3.05) is 16.6 Å². The van der Waals surface area contributed by atoms with E-state index in [1.165, 1.54) is 11.3 Å². The quantitative estimate of drug-likeness (QED) is 0.854. The maximum Gasteiger partial charge on any atom is 0.265 e. The Labute approximate surface area is 129 Å². The minimum absolute atomic E-state index is 0.240. The first-order valence-corrected chi connectivity index (χ1v) is 9.03. The van der Waals surface area contributed by atoms with Crippen molar-refractivity contribution in [3.05, 3.63) is 34.8 Å². The average Bonchev–Trinajstić information content (AvgIpc) is 2.74. The summed E-state index contributed by atoms with van der Waals surface area (Å²) < 4.78 is 27.6. The van der Waals surface area contributed by atoms with E-state index >= 15 is 0 Å². The molecule has 2 aromatic rings. The number of hydrogen-bond donors (Lipinski definition) is 2. The van der Waals surface area contributed by atoms with Crippen molar-refractivity contribution in [2.45, 2.75) is 32.1 Å². The lowest BCUT2D eigenvalue weighted by atomic mass is 10.3. The molecule has 0 aliphatic heterocycles. The minimum Gasteiger partial charge on any atom is -0.384 e. The predicted molar refractivity (Wildman–Crippen MR) is 87.6 cm³/mol.